The van der Waals surface area contributed by atoms with Crippen LogP contribution in [-0.2, 0) is 4.74 Å². The van der Waals surface area contributed by atoms with Gasteiger partial charge in [0.2, 0.25) is 0 Å². The Bertz CT molecular complexity index is 883. The molecule has 0 amide bonds. The van der Waals surface area contributed by atoms with Crippen molar-refractivity contribution in [2.24, 2.45) is 0 Å². The molecule has 142 valence electrons. The number of likely N-dealkylation sites (N-methyl/N-ethyl adjacent to an activating group) is 1. The molecule has 3 heterocycles. The summed E-state index contributed by atoms with van der Waals surface area (Å²) in [6.45, 7) is 5.78. The second-order valence-corrected chi connectivity index (χ2v) is 6.93. The second kappa shape index (κ2) is 7.94. The number of benzene rings is 1. The van der Waals surface area contributed by atoms with Crippen molar-refractivity contribution in [1.29, 1.82) is 0 Å². The molecular formula is C20H26N6O. The van der Waals surface area contributed by atoms with Crippen molar-refractivity contribution in [3.8, 4) is 11.4 Å². The number of pyridine rings is 1. The molecular weight excluding hydrogens is 340 g/mol. The Morgan fingerprint density at radius 3 is 2.52 bits per heavy atom. The van der Waals surface area contributed by atoms with Gasteiger partial charge in [0.15, 0.2) is 11.5 Å². The molecule has 0 atom stereocenters. The molecule has 7 nitrogen and oxygen atoms in total. The van der Waals surface area contributed by atoms with E-state index in [9.17, 15) is 0 Å². The van der Waals surface area contributed by atoms with Crippen molar-refractivity contribution < 1.29 is 4.74 Å². The summed E-state index contributed by atoms with van der Waals surface area (Å²) in [7, 11) is 3.88. The van der Waals surface area contributed by atoms with E-state index in [1.165, 1.54) is 5.69 Å². The van der Waals surface area contributed by atoms with Gasteiger partial charge in [0.25, 0.3) is 0 Å². The zero-order valence-corrected chi connectivity index (χ0v) is 15.9. The Balaban J connectivity index is 1.55. The molecule has 1 aromatic carbocycles. The molecule has 0 spiro atoms. The first-order chi connectivity index (χ1) is 13.2. The van der Waals surface area contributed by atoms with Crippen LogP contribution in [0.25, 0.3) is 17.0 Å². The van der Waals surface area contributed by atoms with E-state index in [1.807, 2.05) is 22.7 Å². The maximum atomic E-state index is 5.10. The third-order valence-corrected chi connectivity index (χ3v) is 5.03. The average molecular weight is 366 g/mol. The van der Waals surface area contributed by atoms with Gasteiger partial charge >= 0.3 is 0 Å². The number of hydrogen-bond acceptors (Lipinski definition) is 6. The lowest BCUT2D eigenvalue weighted by atomic mass is 10.1. The van der Waals surface area contributed by atoms with Crippen LogP contribution in [0.15, 0.2) is 42.6 Å². The van der Waals surface area contributed by atoms with Crippen molar-refractivity contribution in [3.05, 3.63) is 42.6 Å². The van der Waals surface area contributed by atoms with Gasteiger partial charge in [-0.1, -0.05) is 0 Å². The smallest absolute Gasteiger partial charge is 0.168 e. The highest BCUT2D eigenvalue weighted by Gasteiger charge is 2.15. The average Bonchev–Trinajstić information content (AvgIpc) is 3.12. The lowest BCUT2D eigenvalue weighted by molar-refractivity contribution is 0.211. The van der Waals surface area contributed by atoms with E-state index >= 15 is 0 Å². The molecule has 7 heteroatoms. The Hall–Kier alpha value is -2.64. The molecule has 0 bridgehead atoms. The van der Waals surface area contributed by atoms with Crippen molar-refractivity contribution in [2.75, 3.05) is 63.7 Å². The topological polar surface area (TPSA) is 57.9 Å². The molecule has 0 aliphatic carbocycles. The van der Waals surface area contributed by atoms with Gasteiger partial charge in [0, 0.05) is 57.3 Å². The van der Waals surface area contributed by atoms with Crippen LogP contribution >= 0.6 is 0 Å². The molecule has 0 saturated carbocycles. The molecule has 1 aliphatic heterocycles. The number of nitrogens with one attached hydrogen (secondary N) is 1. The Morgan fingerprint density at radius 2 is 1.78 bits per heavy atom. The number of ether oxygens (including phenoxy) is 1. The maximum Gasteiger partial charge on any atom is 0.168 e. The van der Waals surface area contributed by atoms with Crippen molar-refractivity contribution in [2.45, 2.75) is 0 Å². The summed E-state index contributed by atoms with van der Waals surface area (Å²) >= 11 is 0. The van der Waals surface area contributed by atoms with Crippen LogP contribution in [0.1, 0.15) is 0 Å². The van der Waals surface area contributed by atoms with E-state index < -0.39 is 0 Å². The molecule has 27 heavy (non-hydrogen) atoms. The van der Waals surface area contributed by atoms with E-state index in [0.717, 1.165) is 55.4 Å². The number of piperazine rings is 1. The first-order valence-electron chi connectivity index (χ1n) is 9.36. The highest BCUT2D eigenvalue weighted by molar-refractivity contribution is 5.64. The summed E-state index contributed by atoms with van der Waals surface area (Å²) < 4.78 is 7.12. The largest absolute Gasteiger partial charge is 0.383 e. The predicted octanol–water partition coefficient (Wildman–Crippen LogP) is 2.21. The van der Waals surface area contributed by atoms with Crippen LogP contribution in [0.3, 0.4) is 0 Å². The quantitative estimate of drug-likeness (QED) is 0.675. The molecule has 2 aromatic heterocycles. The minimum atomic E-state index is 0.667. The third kappa shape index (κ3) is 3.89. The van der Waals surface area contributed by atoms with E-state index in [1.54, 1.807) is 7.11 Å². The van der Waals surface area contributed by atoms with Crippen LogP contribution in [-0.4, -0.2) is 73.0 Å². The number of hydrogen-bond donors (Lipinski definition) is 1. The summed E-state index contributed by atoms with van der Waals surface area (Å²) in [5.74, 6) is 0.852. The standard InChI is InChI=1S/C20H26N6O/c1-24-10-12-25(13-11-24)18-6-3-16(4-7-18)20-23-22-19-8-5-17(15-26(19)20)21-9-14-27-2/h3-8,15,21H,9-14H2,1-2H3. The van der Waals surface area contributed by atoms with Crippen molar-refractivity contribution in [3.63, 3.8) is 0 Å². The molecule has 4 rings (SSSR count). The van der Waals surface area contributed by atoms with Crippen LogP contribution in [0.4, 0.5) is 11.4 Å². The molecule has 1 aliphatic rings. The van der Waals surface area contributed by atoms with Gasteiger partial charge in [-0.05, 0) is 43.4 Å². The summed E-state index contributed by atoms with van der Waals surface area (Å²) in [5.41, 5.74) is 4.19. The summed E-state index contributed by atoms with van der Waals surface area (Å²) in [6.07, 6.45) is 2.04. The fraction of sp³-hybridized carbons (Fsp3) is 0.400. The SMILES string of the molecule is COCCNc1ccc2nnc(-c3ccc(N4CCN(C)CC4)cc3)n2c1. The zero-order chi connectivity index (χ0) is 18.6. The summed E-state index contributed by atoms with van der Waals surface area (Å²) in [4.78, 5) is 4.80. The van der Waals surface area contributed by atoms with Crippen LogP contribution < -0.4 is 10.2 Å². The number of fused-ring (bicyclic) bond motifs is 1. The first-order valence-corrected chi connectivity index (χ1v) is 9.36. The monoisotopic (exact) mass is 366 g/mol. The Morgan fingerprint density at radius 1 is 1.00 bits per heavy atom. The van der Waals surface area contributed by atoms with E-state index in [0.29, 0.717) is 6.61 Å². The van der Waals surface area contributed by atoms with Gasteiger partial charge in [-0.2, -0.15) is 0 Å². The Labute approximate surface area is 159 Å². The highest BCUT2D eigenvalue weighted by atomic mass is 16.5. The van der Waals surface area contributed by atoms with E-state index in [-0.39, 0.29) is 0 Å². The maximum absolute atomic E-state index is 5.10. The van der Waals surface area contributed by atoms with Crippen LogP contribution in [0.5, 0.6) is 0 Å². The molecule has 3 aromatic rings. The summed E-state index contributed by atoms with van der Waals surface area (Å²) in [5, 5.41) is 12.0. The van der Waals surface area contributed by atoms with Gasteiger partial charge in [-0.3, -0.25) is 4.40 Å². The number of aromatic nitrogens is 3. The third-order valence-electron chi connectivity index (χ3n) is 5.03. The fourth-order valence-corrected chi connectivity index (χ4v) is 3.38. The number of rotatable bonds is 6. The minimum Gasteiger partial charge on any atom is -0.383 e. The van der Waals surface area contributed by atoms with Crippen molar-refractivity contribution >= 4 is 17.0 Å². The number of nitrogens with zero attached hydrogens (tertiary/aromatic N) is 5. The highest BCUT2D eigenvalue weighted by Crippen LogP contribution is 2.24. The van der Waals surface area contributed by atoms with Gasteiger partial charge in [0.1, 0.15) is 0 Å². The second-order valence-electron chi connectivity index (χ2n) is 6.93. The zero-order valence-electron chi connectivity index (χ0n) is 15.9. The van der Waals surface area contributed by atoms with Gasteiger partial charge < -0.3 is 19.9 Å². The number of anilines is 2. The van der Waals surface area contributed by atoms with E-state index in [2.05, 4.69) is 56.6 Å². The molecule has 0 unspecified atom stereocenters. The first kappa shape index (κ1) is 17.8. The van der Waals surface area contributed by atoms with Crippen LogP contribution in [0, 0.1) is 0 Å². The van der Waals surface area contributed by atoms with Crippen LogP contribution in [0.2, 0.25) is 0 Å². The lowest BCUT2D eigenvalue weighted by Crippen LogP contribution is -2.44. The Kier molecular flexibility index (Phi) is 5.22. The molecule has 1 saturated heterocycles. The van der Waals surface area contributed by atoms with E-state index in [4.69, 9.17) is 4.74 Å². The number of methoxy groups -OCH3 is 1. The normalized spacial score (nSPS) is 15.4. The van der Waals surface area contributed by atoms with Crippen molar-refractivity contribution in [1.82, 2.24) is 19.5 Å². The molecule has 1 N–H and O–H groups in total. The minimum absolute atomic E-state index is 0.667. The molecule has 0 radical (unpaired) electrons. The predicted molar refractivity (Wildman–Crippen MR) is 108 cm³/mol. The van der Waals surface area contributed by atoms with Gasteiger partial charge in [0.05, 0.1) is 12.3 Å². The summed E-state index contributed by atoms with van der Waals surface area (Å²) in [6, 6.07) is 12.6. The lowest BCUT2D eigenvalue weighted by Gasteiger charge is -2.34. The molecule has 1 fully saturated rings. The van der Waals surface area contributed by atoms with Gasteiger partial charge in [-0.25, -0.2) is 0 Å². The fourth-order valence-electron chi connectivity index (χ4n) is 3.38. The van der Waals surface area contributed by atoms with Gasteiger partial charge in [-0.15, -0.1) is 10.2 Å².